The van der Waals surface area contributed by atoms with Gasteiger partial charge >= 0.3 is 0 Å². The molecule has 4 rings (SSSR count). The number of hydrogen-bond acceptors (Lipinski definition) is 4. The fourth-order valence-electron chi connectivity index (χ4n) is 4.32. The van der Waals surface area contributed by atoms with E-state index >= 15 is 0 Å². The maximum atomic E-state index is 13.0. The molecular weight excluding hydrogens is 442 g/mol. The first-order valence-corrected chi connectivity index (χ1v) is 12.7. The molecule has 0 aromatic heterocycles. The largest absolute Gasteiger partial charge is 0.349 e. The Morgan fingerprint density at radius 2 is 1.66 bits per heavy atom. The Morgan fingerprint density at radius 3 is 2.38 bits per heavy atom. The van der Waals surface area contributed by atoms with Crippen LogP contribution in [0.3, 0.4) is 0 Å². The molecule has 32 heavy (non-hydrogen) atoms. The first kappa shape index (κ1) is 23.1. The van der Waals surface area contributed by atoms with Gasteiger partial charge in [0.2, 0.25) is 5.91 Å². The van der Waals surface area contributed by atoms with Crippen molar-refractivity contribution in [2.45, 2.75) is 43.2 Å². The summed E-state index contributed by atoms with van der Waals surface area (Å²) < 4.78 is 0. The first-order valence-electron chi connectivity index (χ1n) is 11.4. The van der Waals surface area contributed by atoms with Crippen LogP contribution in [-0.2, 0) is 11.3 Å². The number of thioether (sulfide) groups is 1. The van der Waals surface area contributed by atoms with Gasteiger partial charge in [-0.25, -0.2) is 0 Å². The molecule has 2 saturated heterocycles. The molecule has 2 aromatic carbocycles. The van der Waals surface area contributed by atoms with Gasteiger partial charge in [-0.3, -0.25) is 14.5 Å². The van der Waals surface area contributed by atoms with Crippen molar-refractivity contribution in [3.63, 3.8) is 0 Å². The summed E-state index contributed by atoms with van der Waals surface area (Å²) in [4.78, 5) is 30.6. The van der Waals surface area contributed by atoms with Gasteiger partial charge in [0.25, 0.3) is 5.91 Å². The molecule has 7 heteroatoms. The Kier molecular flexibility index (Phi) is 8.11. The van der Waals surface area contributed by atoms with Crippen molar-refractivity contribution in [3.8, 4) is 0 Å². The molecule has 0 aliphatic carbocycles. The molecule has 5 nitrogen and oxygen atoms in total. The van der Waals surface area contributed by atoms with Crippen LogP contribution in [0.2, 0.25) is 5.02 Å². The molecule has 1 N–H and O–H groups in total. The molecule has 0 spiro atoms. The van der Waals surface area contributed by atoms with Crippen molar-refractivity contribution in [1.29, 1.82) is 0 Å². The van der Waals surface area contributed by atoms with E-state index in [1.54, 1.807) is 0 Å². The smallest absolute Gasteiger partial charge is 0.252 e. The van der Waals surface area contributed by atoms with Crippen molar-refractivity contribution in [1.82, 2.24) is 15.1 Å². The molecule has 170 valence electrons. The molecule has 0 unspecified atom stereocenters. The number of halogens is 1. The SMILES string of the molecule is O=C(NC1CCN(Cc2ccc(Cl)cc2)CC1)c1ccccc1SCC(=O)N1CCCC1. The molecule has 2 aromatic rings. The van der Waals surface area contributed by atoms with E-state index in [0.29, 0.717) is 11.3 Å². The van der Waals surface area contributed by atoms with Gasteiger partial charge in [-0.2, -0.15) is 0 Å². The van der Waals surface area contributed by atoms with Crippen LogP contribution in [0.1, 0.15) is 41.6 Å². The zero-order valence-corrected chi connectivity index (χ0v) is 19.8. The minimum atomic E-state index is -0.0436. The number of carbonyl (C=O) groups is 2. The van der Waals surface area contributed by atoms with Gasteiger partial charge in [-0.05, 0) is 55.5 Å². The van der Waals surface area contributed by atoms with E-state index in [0.717, 1.165) is 68.3 Å². The lowest BCUT2D eigenvalue weighted by atomic mass is 10.0. The third-order valence-electron chi connectivity index (χ3n) is 6.18. The van der Waals surface area contributed by atoms with Gasteiger partial charge in [-0.1, -0.05) is 35.9 Å². The van der Waals surface area contributed by atoms with Crippen LogP contribution in [0.15, 0.2) is 53.4 Å². The lowest BCUT2D eigenvalue weighted by Crippen LogP contribution is -2.44. The molecule has 0 saturated carbocycles. The average molecular weight is 472 g/mol. The van der Waals surface area contributed by atoms with Crippen molar-refractivity contribution in [3.05, 3.63) is 64.7 Å². The zero-order valence-electron chi connectivity index (χ0n) is 18.3. The van der Waals surface area contributed by atoms with Crippen LogP contribution in [0, 0.1) is 0 Å². The third-order valence-corrected chi connectivity index (χ3v) is 7.49. The normalized spacial score (nSPS) is 17.5. The average Bonchev–Trinajstić information content (AvgIpc) is 3.36. The van der Waals surface area contributed by atoms with Gasteiger partial charge in [0.15, 0.2) is 0 Å². The van der Waals surface area contributed by atoms with E-state index in [2.05, 4.69) is 22.3 Å². The molecule has 0 bridgehead atoms. The number of nitrogens with zero attached hydrogens (tertiary/aromatic N) is 2. The molecule has 0 radical (unpaired) electrons. The molecular formula is C25H30ClN3O2S. The highest BCUT2D eigenvalue weighted by Gasteiger charge is 2.23. The second kappa shape index (κ2) is 11.2. The van der Waals surface area contributed by atoms with Gasteiger partial charge in [-0.15, -0.1) is 11.8 Å². The number of piperidine rings is 1. The maximum Gasteiger partial charge on any atom is 0.252 e. The fourth-order valence-corrected chi connectivity index (χ4v) is 5.40. The van der Waals surface area contributed by atoms with E-state index in [-0.39, 0.29) is 17.9 Å². The van der Waals surface area contributed by atoms with E-state index in [4.69, 9.17) is 11.6 Å². The van der Waals surface area contributed by atoms with Crippen molar-refractivity contribution >= 4 is 35.2 Å². The predicted octanol–water partition coefficient (Wildman–Crippen LogP) is 4.45. The predicted molar refractivity (Wildman–Crippen MR) is 130 cm³/mol. The number of hydrogen-bond donors (Lipinski definition) is 1. The number of amides is 2. The van der Waals surface area contributed by atoms with Crippen LogP contribution in [0.25, 0.3) is 0 Å². The summed E-state index contributed by atoms with van der Waals surface area (Å²) in [7, 11) is 0. The van der Waals surface area contributed by atoms with E-state index in [1.165, 1.54) is 17.3 Å². The van der Waals surface area contributed by atoms with Gasteiger partial charge in [0.1, 0.15) is 0 Å². The molecule has 2 aliphatic rings. The summed E-state index contributed by atoms with van der Waals surface area (Å²) in [6.07, 6.45) is 4.05. The summed E-state index contributed by atoms with van der Waals surface area (Å²) in [6.45, 7) is 4.53. The number of nitrogens with one attached hydrogen (secondary N) is 1. The lowest BCUT2D eigenvalue weighted by Gasteiger charge is -2.32. The summed E-state index contributed by atoms with van der Waals surface area (Å²) in [5.41, 5.74) is 1.92. The van der Waals surface area contributed by atoms with Crippen molar-refractivity contribution in [2.24, 2.45) is 0 Å². The highest BCUT2D eigenvalue weighted by Crippen LogP contribution is 2.24. The molecule has 2 aliphatic heterocycles. The highest BCUT2D eigenvalue weighted by atomic mass is 35.5. The van der Waals surface area contributed by atoms with Crippen LogP contribution in [0.5, 0.6) is 0 Å². The summed E-state index contributed by atoms with van der Waals surface area (Å²) >= 11 is 7.44. The minimum absolute atomic E-state index is 0.0436. The Bertz CT molecular complexity index is 923. The number of carbonyl (C=O) groups excluding carboxylic acids is 2. The number of benzene rings is 2. The van der Waals surface area contributed by atoms with Gasteiger partial charge < -0.3 is 10.2 Å². The zero-order chi connectivity index (χ0) is 22.3. The first-order chi connectivity index (χ1) is 15.6. The number of rotatable bonds is 7. The Labute approximate surface area is 199 Å². The fraction of sp³-hybridized carbons (Fsp3) is 0.440. The van der Waals surface area contributed by atoms with Crippen LogP contribution in [0.4, 0.5) is 0 Å². The summed E-state index contributed by atoms with van der Waals surface area (Å²) in [5.74, 6) is 0.501. The van der Waals surface area contributed by atoms with Crippen LogP contribution in [-0.4, -0.2) is 59.6 Å². The molecule has 2 heterocycles. The van der Waals surface area contributed by atoms with Gasteiger partial charge in [0, 0.05) is 48.7 Å². The lowest BCUT2D eigenvalue weighted by molar-refractivity contribution is -0.127. The Balaban J connectivity index is 1.27. The molecule has 0 atom stereocenters. The van der Waals surface area contributed by atoms with Crippen molar-refractivity contribution in [2.75, 3.05) is 31.9 Å². The Hall–Kier alpha value is -2.02. The summed E-state index contributed by atoms with van der Waals surface area (Å²) in [6, 6.07) is 15.8. The van der Waals surface area contributed by atoms with Crippen molar-refractivity contribution < 1.29 is 9.59 Å². The second-order valence-corrected chi connectivity index (χ2v) is 9.98. The van der Waals surface area contributed by atoms with E-state index in [9.17, 15) is 9.59 Å². The Morgan fingerprint density at radius 1 is 0.969 bits per heavy atom. The number of likely N-dealkylation sites (tertiary alicyclic amines) is 2. The summed E-state index contributed by atoms with van der Waals surface area (Å²) in [5, 5.41) is 3.98. The minimum Gasteiger partial charge on any atom is -0.349 e. The van der Waals surface area contributed by atoms with Crippen LogP contribution < -0.4 is 5.32 Å². The topological polar surface area (TPSA) is 52.7 Å². The third kappa shape index (κ3) is 6.27. The van der Waals surface area contributed by atoms with Gasteiger partial charge in [0.05, 0.1) is 11.3 Å². The van der Waals surface area contributed by atoms with E-state index < -0.39 is 0 Å². The standard InChI is InChI=1S/C25H30ClN3O2S/c26-20-9-7-19(8-10-20)17-28-15-11-21(12-16-28)27-25(31)22-5-1-2-6-23(22)32-18-24(30)29-13-3-4-14-29/h1-2,5-10,21H,3-4,11-18H2,(H,27,31). The molecule has 2 fully saturated rings. The maximum absolute atomic E-state index is 13.0. The van der Waals surface area contributed by atoms with Crippen LogP contribution >= 0.6 is 23.4 Å². The highest BCUT2D eigenvalue weighted by molar-refractivity contribution is 8.00. The quantitative estimate of drug-likeness (QED) is 0.606. The van der Waals surface area contributed by atoms with E-state index in [1.807, 2.05) is 41.3 Å². The monoisotopic (exact) mass is 471 g/mol. The molecule has 2 amide bonds. The second-order valence-electron chi connectivity index (χ2n) is 8.52.